The second-order valence-corrected chi connectivity index (χ2v) is 7.08. The molecular weight excluding hydrogens is 329 g/mol. The van der Waals surface area contributed by atoms with Crippen molar-refractivity contribution >= 4 is 16.7 Å². The third-order valence-corrected chi connectivity index (χ3v) is 5.21. The van der Waals surface area contributed by atoms with Gasteiger partial charge >= 0.3 is 0 Å². The Kier molecular flexibility index (Phi) is 6.49. The first-order chi connectivity index (χ1) is 11.5. The van der Waals surface area contributed by atoms with Gasteiger partial charge in [-0.2, -0.15) is 0 Å². The maximum absolute atomic E-state index is 13.4. The van der Waals surface area contributed by atoms with Crippen LogP contribution in [0.15, 0.2) is 48.5 Å². The van der Waals surface area contributed by atoms with E-state index < -0.39 is 21.9 Å². The average molecular weight is 349 g/mol. The highest BCUT2D eigenvalue weighted by atomic mass is 32.2. The first-order valence-electron chi connectivity index (χ1n) is 7.52. The normalized spacial score (nSPS) is 13.1. The number of nitrogens with one attached hydrogen (secondary N) is 1. The van der Waals surface area contributed by atoms with E-state index in [1.807, 2.05) is 30.3 Å². The van der Waals surface area contributed by atoms with Gasteiger partial charge in [0.05, 0.1) is 12.9 Å². The zero-order valence-corrected chi connectivity index (χ0v) is 14.4. The third-order valence-electron chi connectivity index (χ3n) is 3.61. The van der Waals surface area contributed by atoms with Crippen LogP contribution in [0.4, 0.5) is 4.39 Å². The van der Waals surface area contributed by atoms with Crippen LogP contribution in [0.1, 0.15) is 18.1 Å². The van der Waals surface area contributed by atoms with Crippen molar-refractivity contribution in [1.29, 1.82) is 0 Å². The van der Waals surface area contributed by atoms with E-state index in [4.69, 9.17) is 4.74 Å². The molecule has 2 atom stereocenters. The van der Waals surface area contributed by atoms with Crippen molar-refractivity contribution in [2.45, 2.75) is 24.5 Å². The van der Waals surface area contributed by atoms with Crippen molar-refractivity contribution in [3.8, 4) is 5.75 Å². The molecule has 0 bridgehead atoms. The van der Waals surface area contributed by atoms with E-state index >= 15 is 0 Å². The van der Waals surface area contributed by atoms with Gasteiger partial charge in [-0.15, -0.1) is 0 Å². The molecular formula is C18H20FNO3S. The predicted molar refractivity (Wildman–Crippen MR) is 92.5 cm³/mol. The van der Waals surface area contributed by atoms with Crippen molar-refractivity contribution in [1.82, 2.24) is 5.32 Å². The SMILES string of the molecule is COc1ccc(F)cc1CS(=O)C(C)C(=O)NCc1ccccc1. The molecule has 24 heavy (non-hydrogen) atoms. The first-order valence-corrected chi connectivity index (χ1v) is 8.90. The summed E-state index contributed by atoms with van der Waals surface area (Å²) in [7, 11) is -0.0147. The van der Waals surface area contributed by atoms with Gasteiger partial charge in [0.2, 0.25) is 5.91 Å². The molecule has 2 rings (SSSR count). The topological polar surface area (TPSA) is 55.4 Å². The minimum Gasteiger partial charge on any atom is -0.496 e. The third kappa shape index (κ3) is 4.89. The van der Waals surface area contributed by atoms with Crippen LogP contribution in [-0.4, -0.2) is 22.5 Å². The molecule has 1 N–H and O–H groups in total. The molecule has 0 aliphatic heterocycles. The Labute approximate surface area is 143 Å². The van der Waals surface area contributed by atoms with Gasteiger partial charge in [0.15, 0.2) is 0 Å². The summed E-state index contributed by atoms with van der Waals surface area (Å²) in [6.45, 7) is 1.98. The molecule has 0 saturated carbocycles. The fourth-order valence-electron chi connectivity index (χ4n) is 2.19. The van der Waals surface area contributed by atoms with E-state index in [0.29, 0.717) is 17.9 Å². The molecule has 0 aromatic heterocycles. The Hall–Kier alpha value is -2.21. The number of ether oxygens (including phenoxy) is 1. The van der Waals surface area contributed by atoms with Gasteiger partial charge in [-0.3, -0.25) is 9.00 Å². The molecule has 1 amide bonds. The lowest BCUT2D eigenvalue weighted by Gasteiger charge is -2.14. The minimum absolute atomic E-state index is 0.0564. The van der Waals surface area contributed by atoms with Gasteiger partial charge in [0.25, 0.3) is 0 Å². The highest BCUT2D eigenvalue weighted by Gasteiger charge is 2.21. The number of halogens is 1. The summed E-state index contributed by atoms with van der Waals surface area (Å²) in [5, 5.41) is 2.06. The molecule has 0 saturated heterocycles. The fraction of sp³-hybridized carbons (Fsp3) is 0.278. The summed E-state index contributed by atoms with van der Waals surface area (Å²) in [5.74, 6) is -0.209. The van der Waals surface area contributed by atoms with Crippen LogP contribution in [-0.2, 0) is 27.9 Å². The van der Waals surface area contributed by atoms with Crippen LogP contribution in [0.2, 0.25) is 0 Å². The molecule has 0 radical (unpaired) electrons. The van der Waals surface area contributed by atoms with Crippen LogP contribution >= 0.6 is 0 Å². The maximum Gasteiger partial charge on any atom is 0.235 e. The van der Waals surface area contributed by atoms with Crippen molar-refractivity contribution in [2.75, 3.05) is 7.11 Å². The molecule has 2 aromatic rings. The molecule has 0 aliphatic carbocycles. The lowest BCUT2D eigenvalue weighted by atomic mass is 10.2. The van der Waals surface area contributed by atoms with Gasteiger partial charge in [0, 0.05) is 22.9 Å². The van der Waals surface area contributed by atoms with E-state index in [1.165, 1.54) is 25.3 Å². The molecule has 2 unspecified atom stereocenters. The molecule has 6 heteroatoms. The second kappa shape index (κ2) is 8.59. The zero-order chi connectivity index (χ0) is 17.5. The smallest absolute Gasteiger partial charge is 0.235 e. The highest BCUT2D eigenvalue weighted by Crippen LogP contribution is 2.21. The number of benzene rings is 2. The van der Waals surface area contributed by atoms with E-state index in [0.717, 1.165) is 5.56 Å². The van der Waals surface area contributed by atoms with Crippen LogP contribution < -0.4 is 10.1 Å². The average Bonchev–Trinajstić information content (AvgIpc) is 2.60. The van der Waals surface area contributed by atoms with Crippen LogP contribution in [0.5, 0.6) is 5.75 Å². The van der Waals surface area contributed by atoms with Crippen molar-refractivity contribution < 1.29 is 18.1 Å². The van der Waals surface area contributed by atoms with Crippen molar-refractivity contribution in [2.24, 2.45) is 0 Å². The standard InChI is InChI=1S/C18H20FNO3S/c1-13(18(21)20-11-14-6-4-3-5-7-14)24(22)12-15-10-16(19)8-9-17(15)23-2/h3-10,13H,11-12H2,1-2H3,(H,20,21). The van der Waals surface area contributed by atoms with E-state index in [9.17, 15) is 13.4 Å². The Morgan fingerprint density at radius 1 is 1.25 bits per heavy atom. The van der Waals surface area contributed by atoms with Crippen LogP contribution in [0.3, 0.4) is 0 Å². The Morgan fingerprint density at radius 2 is 1.96 bits per heavy atom. The Morgan fingerprint density at radius 3 is 2.62 bits per heavy atom. The fourth-order valence-corrected chi connectivity index (χ4v) is 3.29. The summed E-state index contributed by atoms with van der Waals surface area (Å²) >= 11 is 0. The number of hydrogen-bond donors (Lipinski definition) is 1. The van der Waals surface area contributed by atoms with Gasteiger partial charge < -0.3 is 10.1 Å². The lowest BCUT2D eigenvalue weighted by molar-refractivity contribution is -0.120. The Balaban J connectivity index is 1.96. The van der Waals surface area contributed by atoms with Crippen molar-refractivity contribution in [3.63, 3.8) is 0 Å². The zero-order valence-electron chi connectivity index (χ0n) is 13.6. The van der Waals surface area contributed by atoms with Gasteiger partial charge in [-0.25, -0.2) is 4.39 Å². The predicted octanol–water partition coefficient (Wildman–Crippen LogP) is 2.79. The molecule has 128 valence electrons. The molecule has 4 nitrogen and oxygen atoms in total. The lowest BCUT2D eigenvalue weighted by Crippen LogP contribution is -2.35. The van der Waals surface area contributed by atoms with Gasteiger partial charge in [-0.1, -0.05) is 30.3 Å². The van der Waals surface area contributed by atoms with Gasteiger partial charge in [-0.05, 0) is 30.7 Å². The first kappa shape index (κ1) is 18.1. The number of rotatable bonds is 7. The van der Waals surface area contributed by atoms with E-state index in [2.05, 4.69) is 5.32 Å². The van der Waals surface area contributed by atoms with Crippen molar-refractivity contribution in [3.05, 3.63) is 65.5 Å². The number of hydrogen-bond acceptors (Lipinski definition) is 3. The maximum atomic E-state index is 13.4. The number of carbonyl (C=O) groups is 1. The number of carbonyl (C=O) groups excluding carboxylic acids is 1. The largest absolute Gasteiger partial charge is 0.496 e. The molecule has 0 spiro atoms. The minimum atomic E-state index is -1.48. The molecule has 2 aromatic carbocycles. The van der Waals surface area contributed by atoms with E-state index in [1.54, 1.807) is 6.92 Å². The summed E-state index contributed by atoms with van der Waals surface area (Å²) in [4.78, 5) is 12.2. The number of amides is 1. The molecule has 0 fully saturated rings. The Bertz CT molecular complexity index is 721. The monoisotopic (exact) mass is 349 g/mol. The molecule has 0 heterocycles. The summed E-state index contributed by atoms with van der Waals surface area (Å²) in [6, 6.07) is 13.5. The molecule has 0 aliphatic rings. The summed E-state index contributed by atoms with van der Waals surface area (Å²) < 4.78 is 30.9. The second-order valence-electron chi connectivity index (χ2n) is 5.33. The van der Waals surface area contributed by atoms with E-state index in [-0.39, 0.29) is 11.7 Å². The van der Waals surface area contributed by atoms with Crippen LogP contribution in [0, 0.1) is 5.82 Å². The number of methoxy groups -OCH3 is 1. The quantitative estimate of drug-likeness (QED) is 0.836. The summed E-state index contributed by atoms with van der Waals surface area (Å²) in [6.07, 6.45) is 0. The van der Waals surface area contributed by atoms with Gasteiger partial charge in [0.1, 0.15) is 16.8 Å². The summed E-state index contributed by atoms with van der Waals surface area (Å²) in [5.41, 5.74) is 1.45. The highest BCUT2D eigenvalue weighted by molar-refractivity contribution is 7.85. The van der Waals surface area contributed by atoms with Crippen LogP contribution in [0.25, 0.3) is 0 Å².